The summed E-state index contributed by atoms with van der Waals surface area (Å²) < 4.78 is 7.30. The Morgan fingerprint density at radius 2 is 2.50 bits per heavy atom. The van der Waals surface area contributed by atoms with Crippen LogP contribution in [0.4, 0.5) is 0 Å². The lowest BCUT2D eigenvalue weighted by atomic mass is 10.3. The standard InChI is InChI=1S/C10H11ClN4O/c11-7-1-3-15-9(5-7)13-10(14-15)8-6-12-2-4-16-8/h1,3,5,8,12H,2,4,6H2. The molecule has 84 valence electrons. The van der Waals surface area contributed by atoms with Crippen molar-refractivity contribution in [1.29, 1.82) is 0 Å². The fourth-order valence-corrected chi connectivity index (χ4v) is 1.90. The molecule has 2 aromatic rings. The number of pyridine rings is 1. The van der Waals surface area contributed by atoms with Gasteiger partial charge in [-0.3, -0.25) is 0 Å². The smallest absolute Gasteiger partial charge is 0.181 e. The minimum absolute atomic E-state index is 0.0626. The second-order valence-corrected chi connectivity index (χ2v) is 4.12. The predicted molar refractivity (Wildman–Crippen MR) is 59.6 cm³/mol. The van der Waals surface area contributed by atoms with E-state index in [1.165, 1.54) is 0 Å². The largest absolute Gasteiger partial charge is 0.367 e. The summed E-state index contributed by atoms with van der Waals surface area (Å²) >= 11 is 5.89. The first-order valence-corrected chi connectivity index (χ1v) is 5.55. The van der Waals surface area contributed by atoms with Crippen LogP contribution in [-0.4, -0.2) is 34.3 Å². The molecule has 0 bridgehead atoms. The fraction of sp³-hybridized carbons (Fsp3) is 0.400. The van der Waals surface area contributed by atoms with Crippen LogP contribution in [0, 0.1) is 0 Å². The predicted octanol–water partition coefficient (Wildman–Crippen LogP) is 1.04. The Labute approximate surface area is 97.4 Å². The van der Waals surface area contributed by atoms with Crippen LogP contribution in [0.5, 0.6) is 0 Å². The normalized spacial score (nSPS) is 21.4. The summed E-state index contributed by atoms with van der Waals surface area (Å²) in [6.07, 6.45) is 1.73. The fourth-order valence-electron chi connectivity index (χ4n) is 1.74. The summed E-state index contributed by atoms with van der Waals surface area (Å²) in [6, 6.07) is 3.57. The molecule has 1 aliphatic heterocycles. The van der Waals surface area contributed by atoms with E-state index in [0.717, 1.165) is 18.7 Å². The minimum atomic E-state index is -0.0626. The number of hydrogen-bond donors (Lipinski definition) is 1. The average molecular weight is 239 g/mol. The first-order valence-electron chi connectivity index (χ1n) is 5.17. The highest BCUT2D eigenvalue weighted by molar-refractivity contribution is 6.30. The van der Waals surface area contributed by atoms with Gasteiger partial charge < -0.3 is 10.1 Å². The maximum absolute atomic E-state index is 5.89. The highest BCUT2D eigenvalue weighted by atomic mass is 35.5. The number of nitrogens with one attached hydrogen (secondary N) is 1. The zero-order valence-electron chi connectivity index (χ0n) is 8.56. The van der Waals surface area contributed by atoms with E-state index < -0.39 is 0 Å². The first kappa shape index (κ1) is 10.0. The summed E-state index contributed by atoms with van der Waals surface area (Å²) in [5.41, 5.74) is 0.747. The van der Waals surface area contributed by atoms with Crippen molar-refractivity contribution in [3.63, 3.8) is 0 Å². The van der Waals surface area contributed by atoms with Crippen LogP contribution < -0.4 is 5.32 Å². The van der Waals surface area contributed by atoms with Gasteiger partial charge in [0.2, 0.25) is 0 Å². The Balaban J connectivity index is 1.97. The third kappa shape index (κ3) is 1.77. The number of hydrogen-bond acceptors (Lipinski definition) is 4. The molecule has 0 amide bonds. The van der Waals surface area contributed by atoms with E-state index >= 15 is 0 Å². The lowest BCUT2D eigenvalue weighted by Gasteiger charge is -2.20. The van der Waals surface area contributed by atoms with E-state index in [2.05, 4.69) is 15.4 Å². The van der Waals surface area contributed by atoms with Gasteiger partial charge in [-0.2, -0.15) is 0 Å². The van der Waals surface area contributed by atoms with Gasteiger partial charge in [0.15, 0.2) is 11.5 Å². The van der Waals surface area contributed by atoms with Crippen molar-refractivity contribution in [2.45, 2.75) is 6.10 Å². The molecular formula is C10H11ClN4O. The molecule has 3 rings (SSSR count). The van der Waals surface area contributed by atoms with Crippen molar-refractivity contribution < 1.29 is 4.74 Å². The van der Waals surface area contributed by atoms with Gasteiger partial charge >= 0.3 is 0 Å². The maximum atomic E-state index is 5.89. The number of fused-ring (bicyclic) bond motifs is 1. The minimum Gasteiger partial charge on any atom is -0.367 e. The van der Waals surface area contributed by atoms with Gasteiger partial charge in [-0.1, -0.05) is 11.6 Å². The number of aromatic nitrogens is 3. The molecule has 0 aromatic carbocycles. The number of rotatable bonds is 1. The number of ether oxygens (including phenoxy) is 1. The molecule has 5 nitrogen and oxygen atoms in total. The molecule has 1 fully saturated rings. The van der Waals surface area contributed by atoms with Crippen molar-refractivity contribution >= 4 is 17.2 Å². The second kappa shape index (κ2) is 4.01. The Morgan fingerprint density at radius 3 is 3.31 bits per heavy atom. The van der Waals surface area contributed by atoms with Crippen molar-refractivity contribution in [1.82, 2.24) is 19.9 Å². The van der Waals surface area contributed by atoms with Gasteiger partial charge in [-0.15, -0.1) is 5.10 Å². The monoisotopic (exact) mass is 238 g/mol. The van der Waals surface area contributed by atoms with Crippen molar-refractivity contribution in [2.24, 2.45) is 0 Å². The van der Waals surface area contributed by atoms with Gasteiger partial charge in [-0.05, 0) is 6.07 Å². The molecular weight excluding hydrogens is 228 g/mol. The number of nitrogens with zero attached hydrogens (tertiary/aromatic N) is 3. The van der Waals surface area contributed by atoms with Crippen LogP contribution in [0.25, 0.3) is 5.65 Å². The van der Waals surface area contributed by atoms with Crippen LogP contribution in [-0.2, 0) is 4.74 Å². The van der Waals surface area contributed by atoms with Crippen LogP contribution in [0.15, 0.2) is 18.3 Å². The molecule has 0 saturated carbocycles. The molecule has 1 aliphatic rings. The molecule has 1 unspecified atom stereocenters. The third-order valence-electron chi connectivity index (χ3n) is 2.53. The zero-order chi connectivity index (χ0) is 11.0. The van der Waals surface area contributed by atoms with Crippen LogP contribution in [0.3, 0.4) is 0 Å². The van der Waals surface area contributed by atoms with Gasteiger partial charge in [0.05, 0.1) is 6.61 Å². The molecule has 1 N–H and O–H groups in total. The molecule has 2 aromatic heterocycles. The van der Waals surface area contributed by atoms with Gasteiger partial charge in [0.1, 0.15) is 6.10 Å². The van der Waals surface area contributed by atoms with E-state index in [0.29, 0.717) is 17.5 Å². The lowest BCUT2D eigenvalue weighted by Crippen LogP contribution is -2.33. The second-order valence-electron chi connectivity index (χ2n) is 3.68. The Bertz CT molecular complexity index is 506. The van der Waals surface area contributed by atoms with Crippen molar-refractivity contribution in [2.75, 3.05) is 19.7 Å². The highest BCUT2D eigenvalue weighted by Gasteiger charge is 2.20. The Hall–Kier alpha value is -1.17. The molecule has 0 radical (unpaired) electrons. The lowest BCUT2D eigenvalue weighted by molar-refractivity contribution is 0.0223. The van der Waals surface area contributed by atoms with E-state index in [9.17, 15) is 0 Å². The molecule has 3 heterocycles. The van der Waals surface area contributed by atoms with Crippen molar-refractivity contribution in [3.05, 3.63) is 29.2 Å². The Kier molecular flexibility index (Phi) is 2.51. The molecule has 1 saturated heterocycles. The molecule has 6 heteroatoms. The van der Waals surface area contributed by atoms with Crippen LogP contribution >= 0.6 is 11.6 Å². The molecule has 0 spiro atoms. The average Bonchev–Trinajstić information content (AvgIpc) is 2.73. The summed E-state index contributed by atoms with van der Waals surface area (Å²) in [6.45, 7) is 2.33. The summed E-state index contributed by atoms with van der Waals surface area (Å²) in [4.78, 5) is 4.40. The maximum Gasteiger partial charge on any atom is 0.181 e. The number of halogens is 1. The van der Waals surface area contributed by atoms with Crippen molar-refractivity contribution in [3.8, 4) is 0 Å². The van der Waals surface area contributed by atoms with E-state index in [1.54, 1.807) is 22.8 Å². The molecule has 0 aliphatic carbocycles. The van der Waals surface area contributed by atoms with Gasteiger partial charge in [0, 0.05) is 30.4 Å². The highest BCUT2D eigenvalue weighted by Crippen LogP contribution is 2.17. The summed E-state index contributed by atoms with van der Waals surface area (Å²) in [5, 5.41) is 8.27. The summed E-state index contributed by atoms with van der Waals surface area (Å²) in [5.74, 6) is 0.703. The third-order valence-corrected chi connectivity index (χ3v) is 2.77. The SMILES string of the molecule is Clc1ccn2nc(C3CNCCO3)nc2c1. The zero-order valence-corrected chi connectivity index (χ0v) is 9.31. The topological polar surface area (TPSA) is 51.5 Å². The van der Waals surface area contributed by atoms with Crippen LogP contribution in [0.2, 0.25) is 5.02 Å². The van der Waals surface area contributed by atoms with Gasteiger partial charge in [-0.25, -0.2) is 9.50 Å². The first-order chi connectivity index (χ1) is 7.83. The molecule has 16 heavy (non-hydrogen) atoms. The van der Waals surface area contributed by atoms with E-state index in [1.807, 2.05) is 0 Å². The van der Waals surface area contributed by atoms with Crippen LogP contribution in [0.1, 0.15) is 11.9 Å². The Morgan fingerprint density at radius 1 is 1.56 bits per heavy atom. The van der Waals surface area contributed by atoms with E-state index in [4.69, 9.17) is 16.3 Å². The quantitative estimate of drug-likeness (QED) is 0.807. The number of morpholine rings is 1. The van der Waals surface area contributed by atoms with E-state index in [-0.39, 0.29) is 6.10 Å². The molecule has 1 atom stereocenters. The summed E-state index contributed by atoms with van der Waals surface area (Å²) in [7, 11) is 0. The van der Waals surface area contributed by atoms with Gasteiger partial charge in [0.25, 0.3) is 0 Å².